The molecule has 0 spiro atoms. The Morgan fingerprint density at radius 1 is 0.821 bits per heavy atom. The lowest BCUT2D eigenvalue weighted by Crippen LogP contribution is -2.34. The van der Waals surface area contributed by atoms with Crippen molar-refractivity contribution in [3.05, 3.63) is 120 Å². The molecular weight excluding hydrogens is 340 g/mol. The maximum absolute atomic E-state index is 5.00. The van der Waals surface area contributed by atoms with E-state index in [9.17, 15) is 0 Å². The van der Waals surface area contributed by atoms with Crippen molar-refractivity contribution in [2.45, 2.75) is 31.7 Å². The molecule has 0 aromatic heterocycles. The molecule has 1 aliphatic carbocycles. The van der Waals surface area contributed by atoms with E-state index in [1.54, 1.807) is 0 Å². The molecule has 1 atom stereocenters. The first-order valence-electron chi connectivity index (χ1n) is 9.75. The fourth-order valence-corrected chi connectivity index (χ4v) is 3.76. The zero-order chi connectivity index (χ0) is 19.6. The minimum atomic E-state index is -0.312. The van der Waals surface area contributed by atoms with Crippen molar-refractivity contribution >= 4 is 5.84 Å². The maximum atomic E-state index is 5.00. The fourth-order valence-electron chi connectivity index (χ4n) is 3.76. The Kier molecular flexibility index (Phi) is 4.64. The Morgan fingerprint density at radius 3 is 2.18 bits per heavy atom. The van der Waals surface area contributed by atoms with Crippen molar-refractivity contribution < 1.29 is 0 Å². The van der Waals surface area contributed by atoms with Crippen LogP contribution in [0.1, 0.15) is 31.9 Å². The molecule has 0 fully saturated rings. The van der Waals surface area contributed by atoms with Gasteiger partial charge in [-0.15, -0.1) is 0 Å². The predicted molar refractivity (Wildman–Crippen MR) is 118 cm³/mol. The topological polar surface area (TPSA) is 24.4 Å². The van der Waals surface area contributed by atoms with E-state index in [0.29, 0.717) is 0 Å². The molecule has 0 bridgehead atoms. The lowest BCUT2D eigenvalue weighted by atomic mass is 9.81. The monoisotopic (exact) mass is 366 g/mol. The van der Waals surface area contributed by atoms with E-state index >= 15 is 0 Å². The summed E-state index contributed by atoms with van der Waals surface area (Å²) in [6, 6.07) is 20.9. The van der Waals surface area contributed by atoms with Gasteiger partial charge in [-0.05, 0) is 31.9 Å². The normalized spacial score (nSPS) is 23.2. The van der Waals surface area contributed by atoms with E-state index in [2.05, 4.69) is 105 Å². The molecule has 28 heavy (non-hydrogen) atoms. The summed E-state index contributed by atoms with van der Waals surface area (Å²) in [5.41, 5.74) is 4.33. The van der Waals surface area contributed by atoms with Gasteiger partial charge in [0.25, 0.3) is 0 Å². The van der Waals surface area contributed by atoms with Gasteiger partial charge in [-0.25, -0.2) is 0 Å². The van der Waals surface area contributed by atoms with Gasteiger partial charge in [-0.2, -0.15) is 0 Å². The van der Waals surface area contributed by atoms with Crippen LogP contribution in [-0.2, 0) is 5.41 Å². The SMILES string of the molecule is CC1(C)N=C(c2ccccc2)NC=C1C1=CC=CC(C)(c2ccccc2)C=C1. The molecule has 4 rings (SSSR count). The fraction of sp³-hybridized carbons (Fsp3) is 0.192. The average molecular weight is 367 g/mol. The largest absolute Gasteiger partial charge is 0.346 e. The molecule has 1 unspecified atom stereocenters. The van der Waals surface area contributed by atoms with Gasteiger partial charge >= 0.3 is 0 Å². The number of allylic oxidation sites excluding steroid dienone is 5. The molecule has 2 nitrogen and oxygen atoms in total. The quantitative estimate of drug-likeness (QED) is 0.739. The maximum Gasteiger partial charge on any atom is 0.133 e. The van der Waals surface area contributed by atoms with Crippen molar-refractivity contribution in [3.8, 4) is 0 Å². The summed E-state index contributed by atoms with van der Waals surface area (Å²) in [6.07, 6.45) is 13.2. The first-order chi connectivity index (χ1) is 13.5. The van der Waals surface area contributed by atoms with Gasteiger partial charge in [0.1, 0.15) is 5.84 Å². The second-order valence-corrected chi connectivity index (χ2v) is 8.05. The van der Waals surface area contributed by atoms with Crippen molar-refractivity contribution in [1.29, 1.82) is 0 Å². The van der Waals surface area contributed by atoms with Gasteiger partial charge in [0, 0.05) is 22.8 Å². The van der Waals surface area contributed by atoms with Crippen LogP contribution in [0.2, 0.25) is 0 Å². The summed E-state index contributed by atoms with van der Waals surface area (Å²) in [6.45, 7) is 6.58. The lowest BCUT2D eigenvalue weighted by Gasteiger charge is -2.30. The van der Waals surface area contributed by atoms with E-state index < -0.39 is 0 Å². The molecule has 0 saturated heterocycles. The minimum Gasteiger partial charge on any atom is -0.346 e. The number of hydrogen-bond donors (Lipinski definition) is 1. The number of rotatable bonds is 3. The first kappa shape index (κ1) is 18.2. The second kappa shape index (κ2) is 7.12. The number of nitrogens with zero attached hydrogens (tertiary/aromatic N) is 1. The van der Waals surface area contributed by atoms with Crippen molar-refractivity contribution in [1.82, 2.24) is 5.32 Å². The molecule has 2 aromatic rings. The molecule has 2 aliphatic rings. The summed E-state index contributed by atoms with van der Waals surface area (Å²) in [7, 11) is 0. The van der Waals surface area contributed by atoms with Crippen molar-refractivity contribution in [2.24, 2.45) is 4.99 Å². The van der Waals surface area contributed by atoms with Crippen LogP contribution in [-0.4, -0.2) is 11.4 Å². The van der Waals surface area contributed by atoms with Crippen LogP contribution in [0.3, 0.4) is 0 Å². The molecule has 2 heteroatoms. The highest BCUT2D eigenvalue weighted by Gasteiger charge is 2.30. The first-order valence-corrected chi connectivity index (χ1v) is 9.75. The summed E-state index contributed by atoms with van der Waals surface area (Å²) >= 11 is 0. The third kappa shape index (κ3) is 3.50. The van der Waals surface area contributed by atoms with Gasteiger partial charge < -0.3 is 5.32 Å². The van der Waals surface area contributed by atoms with E-state index in [0.717, 1.165) is 11.4 Å². The number of nitrogens with one attached hydrogen (secondary N) is 1. The Morgan fingerprint density at radius 2 is 1.50 bits per heavy atom. The van der Waals surface area contributed by atoms with Gasteiger partial charge in [-0.3, -0.25) is 4.99 Å². The highest BCUT2D eigenvalue weighted by Crippen LogP contribution is 2.35. The van der Waals surface area contributed by atoms with Crippen LogP contribution in [0, 0.1) is 0 Å². The zero-order valence-electron chi connectivity index (χ0n) is 16.7. The summed E-state index contributed by atoms with van der Waals surface area (Å²) < 4.78 is 0. The number of aliphatic imine (C=N–C) groups is 1. The zero-order valence-corrected chi connectivity index (χ0v) is 16.7. The Bertz CT molecular complexity index is 1000. The van der Waals surface area contributed by atoms with Gasteiger partial charge in [0.2, 0.25) is 0 Å². The molecule has 1 aliphatic heterocycles. The third-order valence-electron chi connectivity index (χ3n) is 5.49. The van der Waals surface area contributed by atoms with Crippen LogP contribution in [0.25, 0.3) is 0 Å². The molecule has 2 aromatic carbocycles. The Balaban J connectivity index is 1.62. The van der Waals surface area contributed by atoms with Crippen LogP contribution >= 0.6 is 0 Å². The molecule has 140 valence electrons. The molecule has 1 heterocycles. The molecular formula is C26H26N2. The van der Waals surface area contributed by atoms with Gasteiger partial charge in [0.05, 0.1) is 5.54 Å². The van der Waals surface area contributed by atoms with Crippen molar-refractivity contribution in [3.63, 3.8) is 0 Å². The van der Waals surface area contributed by atoms with Crippen LogP contribution < -0.4 is 5.32 Å². The van der Waals surface area contributed by atoms with Gasteiger partial charge in [0.15, 0.2) is 0 Å². The Hall–Kier alpha value is -3.13. The van der Waals surface area contributed by atoms with Crippen molar-refractivity contribution in [2.75, 3.05) is 0 Å². The molecule has 0 saturated carbocycles. The van der Waals surface area contributed by atoms with Crippen LogP contribution in [0.15, 0.2) is 113 Å². The summed E-state index contributed by atoms with van der Waals surface area (Å²) in [4.78, 5) is 5.00. The molecule has 0 amide bonds. The number of benzene rings is 2. The van der Waals surface area contributed by atoms with E-state index in [4.69, 9.17) is 4.99 Å². The number of amidine groups is 1. The van der Waals surface area contributed by atoms with E-state index in [-0.39, 0.29) is 11.0 Å². The lowest BCUT2D eigenvalue weighted by molar-refractivity contribution is 0.607. The highest BCUT2D eigenvalue weighted by molar-refractivity contribution is 6.00. The summed E-state index contributed by atoms with van der Waals surface area (Å²) in [5, 5.41) is 3.40. The van der Waals surface area contributed by atoms with Crippen LogP contribution in [0.4, 0.5) is 0 Å². The van der Waals surface area contributed by atoms with E-state index in [1.807, 2.05) is 18.2 Å². The predicted octanol–water partition coefficient (Wildman–Crippen LogP) is 5.71. The third-order valence-corrected chi connectivity index (χ3v) is 5.49. The Labute approximate surface area is 167 Å². The standard InChI is InChI=1S/C26H26N2/c1-25(2)23(19-27-24(28-25)21-11-6-4-7-12-21)20-13-10-17-26(3,18-16-20)22-14-8-5-9-15-22/h4-19H,1-3H3,(H,27,28). The van der Waals surface area contributed by atoms with Gasteiger partial charge in [-0.1, -0.05) is 91.0 Å². The molecule has 0 radical (unpaired) electrons. The second-order valence-electron chi connectivity index (χ2n) is 8.05. The van der Waals surface area contributed by atoms with E-state index in [1.165, 1.54) is 16.7 Å². The minimum absolute atomic E-state index is 0.120. The summed E-state index contributed by atoms with van der Waals surface area (Å²) in [5.74, 6) is 0.914. The highest BCUT2D eigenvalue weighted by atomic mass is 15.0. The number of hydrogen-bond acceptors (Lipinski definition) is 2. The smallest absolute Gasteiger partial charge is 0.133 e. The van der Waals surface area contributed by atoms with Crippen LogP contribution in [0.5, 0.6) is 0 Å². The molecule has 1 N–H and O–H groups in total. The average Bonchev–Trinajstić information content (AvgIpc) is 2.91.